The van der Waals surface area contributed by atoms with Crippen molar-refractivity contribution in [1.29, 1.82) is 0 Å². The zero-order chi connectivity index (χ0) is 20.5. The molecule has 1 saturated heterocycles. The monoisotopic (exact) mass is 387 g/mol. The molecule has 0 aliphatic carbocycles. The van der Waals surface area contributed by atoms with Gasteiger partial charge in [0.25, 0.3) is 0 Å². The Balaban J connectivity index is 1.79. The van der Waals surface area contributed by atoms with Crippen LogP contribution in [0.25, 0.3) is 10.9 Å². The fourth-order valence-corrected chi connectivity index (χ4v) is 3.33. The van der Waals surface area contributed by atoms with Crippen LogP contribution in [0, 0.1) is 5.41 Å². The van der Waals surface area contributed by atoms with Crippen LogP contribution >= 0.6 is 0 Å². The lowest BCUT2D eigenvalue weighted by Crippen LogP contribution is -2.49. The zero-order valence-electron chi connectivity index (χ0n) is 17.3. The van der Waals surface area contributed by atoms with Gasteiger partial charge in [-0.3, -0.25) is 4.79 Å². The maximum absolute atomic E-state index is 12.4. The number of amides is 1. The number of ether oxygens (including phenoxy) is 2. The number of methoxy groups -OCH3 is 2. The SMILES string of the molecule is COc1cc2nc(N3CCN(C(=O)CC(C)(C)C)CC3)nc(N)c2cc1OC. The number of nitrogens with two attached hydrogens (primary N) is 1. The topological polar surface area (TPSA) is 93.8 Å². The molecule has 0 radical (unpaired) electrons. The molecule has 28 heavy (non-hydrogen) atoms. The minimum Gasteiger partial charge on any atom is -0.493 e. The summed E-state index contributed by atoms with van der Waals surface area (Å²) in [4.78, 5) is 25.6. The molecular weight excluding hydrogens is 358 g/mol. The van der Waals surface area contributed by atoms with Crippen LogP contribution < -0.4 is 20.1 Å². The molecule has 152 valence electrons. The number of carbonyl (C=O) groups excluding carboxylic acids is 1. The van der Waals surface area contributed by atoms with Crippen molar-refractivity contribution in [3.8, 4) is 11.5 Å². The number of aromatic nitrogens is 2. The average molecular weight is 387 g/mol. The van der Waals surface area contributed by atoms with Gasteiger partial charge in [-0.15, -0.1) is 0 Å². The average Bonchev–Trinajstić information content (AvgIpc) is 2.65. The van der Waals surface area contributed by atoms with E-state index in [1.165, 1.54) is 0 Å². The number of hydrogen-bond donors (Lipinski definition) is 1. The Kier molecular flexibility index (Phi) is 5.49. The third kappa shape index (κ3) is 4.21. The Labute approximate surface area is 165 Å². The molecule has 0 bridgehead atoms. The number of carbonyl (C=O) groups is 1. The fourth-order valence-electron chi connectivity index (χ4n) is 3.33. The Hall–Kier alpha value is -2.77. The van der Waals surface area contributed by atoms with E-state index in [9.17, 15) is 4.79 Å². The summed E-state index contributed by atoms with van der Waals surface area (Å²) >= 11 is 0. The maximum atomic E-state index is 12.4. The lowest BCUT2D eigenvalue weighted by Gasteiger charge is -2.36. The summed E-state index contributed by atoms with van der Waals surface area (Å²) < 4.78 is 10.7. The van der Waals surface area contributed by atoms with Crippen molar-refractivity contribution < 1.29 is 14.3 Å². The van der Waals surface area contributed by atoms with Gasteiger partial charge in [-0.05, 0) is 11.5 Å². The predicted octanol–water partition coefficient (Wildman–Crippen LogP) is 2.31. The number of fused-ring (bicyclic) bond motifs is 1. The van der Waals surface area contributed by atoms with Gasteiger partial charge in [0.2, 0.25) is 11.9 Å². The summed E-state index contributed by atoms with van der Waals surface area (Å²) in [6.45, 7) is 8.90. The third-order valence-electron chi connectivity index (χ3n) is 4.82. The van der Waals surface area contributed by atoms with Crippen LogP contribution in [0.4, 0.5) is 11.8 Å². The van der Waals surface area contributed by atoms with Crippen molar-refractivity contribution in [2.24, 2.45) is 5.41 Å². The van der Waals surface area contributed by atoms with Crippen molar-refractivity contribution in [3.63, 3.8) is 0 Å². The molecule has 2 aromatic rings. The molecule has 2 N–H and O–H groups in total. The van der Waals surface area contributed by atoms with Gasteiger partial charge in [0, 0.05) is 44.1 Å². The van der Waals surface area contributed by atoms with E-state index in [1.807, 2.05) is 4.90 Å². The molecule has 2 heterocycles. The molecule has 1 fully saturated rings. The first kappa shape index (κ1) is 20.0. The predicted molar refractivity (Wildman–Crippen MR) is 110 cm³/mol. The summed E-state index contributed by atoms with van der Waals surface area (Å²) in [7, 11) is 3.17. The van der Waals surface area contributed by atoms with Crippen LogP contribution in [0.3, 0.4) is 0 Å². The molecule has 1 aromatic carbocycles. The van der Waals surface area contributed by atoms with Crippen molar-refractivity contribution in [2.75, 3.05) is 51.0 Å². The van der Waals surface area contributed by atoms with E-state index >= 15 is 0 Å². The van der Waals surface area contributed by atoms with Gasteiger partial charge in [0.1, 0.15) is 5.82 Å². The van der Waals surface area contributed by atoms with E-state index in [0.29, 0.717) is 61.4 Å². The largest absolute Gasteiger partial charge is 0.493 e. The second-order valence-corrected chi connectivity index (χ2v) is 8.24. The van der Waals surface area contributed by atoms with Crippen LogP contribution in [0.1, 0.15) is 27.2 Å². The number of anilines is 2. The highest BCUT2D eigenvalue weighted by molar-refractivity contribution is 5.91. The van der Waals surface area contributed by atoms with Gasteiger partial charge in [-0.1, -0.05) is 20.8 Å². The normalized spacial score (nSPS) is 15.0. The summed E-state index contributed by atoms with van der Waals surface area (Å²) in [6.07, 6.45) is 0.550. The number of piperazine rings is 1. The van der Waals surface area contributed by atoms with E-state index in [-0.39, 0.29) is 11.3 Å². The first-order valence-electron chi connectivity index (χ1n) is 9.44. The number of rotatable bonds is 4. The molecule has 0 spiro atoms. The van der Waals surface area contributed by atoms with Crippen LogP contribution in [-0.2, 0) is 4.79 Å². The smallest absolute Gasteiger partial charge is 0.228 e. The van der Waals surface area contributed by atoms with Crippen molar-refractivity contribution in [2.45, 2.75) is 27.2 Å². The summed E-state index contributed by atoms with van der Waals surface area (Å²) in [5.74, 6) is 2.34. The van der Waals surface area contributed by atoms with Gasteiger partial charge < -0.3 is 25.0 Å². The summed E-state index contributed by atoms with van der Waals surface area (Å²) in [5.41, 5.74) is 6.88. The first-order chi connectivity index (χ1) is 13.2. The Bertz CT molecular complexity index is 870. The van der Waals surface area contributed by atoms with E-state index in [2.05, 4.69) is 35.6 Å². The highest BCUT2D eigenvalue weighted by Crippen LogP contribution is 2.34. The van der Waals surface area contributed by atoms with Gasteiger partial charge in [-0.2, -0.15) is 4.98 Å². The minimum absolute atomic E-state index is 0.00968. The molecular formula is C20H29N5O3. The molecule has 3 rings (SSSR count). The molecule has 1 aromatic heterocycles. The van der Waals surface area contributed by atoms with Crippen molar-refractivity contribution in [1.82, 2.24) is 14.9 Å². The quantitative estimate of drug-likeness (QED) is 0.860. The van der Waals surface area contributed by atoms with E-state index in [1.54, 1.807) is 26.4 Å². The number of hydrogen-bond acceptors (Lipinski definition) is 7. The number of nitrogens with zero attached hydrogens (tertiary/aromatic N) is 4. The molecule has 0 saturated carbocycles. The summed E-state index contributed by atoms with van der Waals surface area (Å²) in [5, 5.41) is 0.723. The lowest BCUT2D eigenvalue weighted by molar-refractivity contribution is -0.133. The van der Waals surface area contributed by atoms with Crippen LogP contribution in [0.5, 0.6) is 11.5 Å². The standard InChI is InChI=1S/C20H29N5O3/c1-20(2,3)12-17(26)24-6-8-25(9-7-24)19-22-14-11-16(28-5)15(27-4)10-13(14)18(21)23-19/h10-11H,6-9,12H2,1-5H3,(H2,21,22,23). The Morgan fingerprint density at radius 3 is 2.25 bits per heavy atom. The lowest BCUT2D eigenvalue weighted by atomic mass is 9.91. The zero-order valence-corrected chi connectivity index (χ0v) is 17.3. The van der Waals surface area contributed by atoms with E-state index < -0.39 is 0 Å². The van der Waals surface area contributed by atoms with Gasteiger partial charge in [-0.25, -0.2) is 4.98 Å². The molecule has 0 atom stereocenters. The second kappa shape index (κ2) is 7.69. The molecule has 8 heteroatoms. The second-order valence-electron chi connectivity index (χ2n) is 8.24. The van der Waals surface area contributed by atoms with E-state index in [4.69, 9.17) is 15.2 Å². The molecule has 8 nitrogen and oxygen atoms in total. The third-order valence-corrected chi connectivity index (χ3v) is 4.82. The molecule has 1 aliphatic heterocycles. The molecule has 1 amide bonds. The van der Waals surface area contributed by atoms with Gasteiger partial charge >= 0.3 is 0 Å². The van der Waals surface area contributed by atoms with Crippen LogP contribution in [-0.4, -0.2) is 61.2 Å². The summed E-state index contributed by atoms with van der Waals surface area (Å²) in [6, 6.07) is 3.59. The van der Waals surface area contributed by atoms with E-state index in [0.717, 1.165) is 5.39 Å². The van der Waals surface area contributed by atoms with Crippen molar-refractivity contribution in [3.05, 3.63) is 12.1 Å². The number of benzene rings is 1. The van der Waals surface area contributed by atoms with Crippen molar-refractivity contribution >= 4 is 28.6 Å². The minimum atomic E-state index is -0.00968. The first-order valence-corrected chi connectivity index (χ1v) is 9.44. The molecule has 1 aliphatic rings. The van der Waals surface area contributed by atoms with Crippen LogP contribution in [0.2, 0.25) is 0 Å². The fraction of sp³-hybridized carbons (Fsp3) is 0.550. The highest BCUT2D eigenvalue weighted by atomic mass is 16.5. The Morgan fingerprint density at radius 2 is 1.68 bits per heavy atom. The Morgan fingerprint density at radius 1 is 1.07 bits per heavy atom. The van der Waals surface area contributed by atoms with Crippen LogP contribution in [0.15, 0.2) is 12.1 Å². The molecule has 0 unspecified atom stereocenters. The number of nitrogen functional groups attached to an aromatic ring is 1. The highest BCUT2D eigenvalue weighted by Gasteiger charge is 2.26. The maximum Gasteiger partial charge on any atom is 0.228 e. The van der Waals surface area contributed by atoms with Gasteiger partial charge in [0.15, 0.2) is 11.5 Å². The van der Waals surface area contributed by atoms with Gasteiger partial charge in [0.05, 0.1) is 19.7 Å².